The van der Waals surface area contributed by atoms with E-state index in [0.29, 0.717) is 32.3 Å². The van der Waals surface area contributed by atoms with E-state index in [-0.39, 0.29) is 12.0 Å². The summed E-state index contributed by atoms with van der Waals surface area (Å²) in [5.41, 5.74) is 0. The zero-order chi connectivity index (χ0) is 13.0. The summed E-state index contributed by atoms with van der Waals surface area (Å²) < 4.78 is 10.9. The number of amides is 1. The van der Waals surface area contributed by atoms with Crippen LogP contribution in [0.2, 0.25) is 0 Å². The van der Waals surface area contributed by atoms with E-state index in [1.165, 1.54) is 0 Å². The molecular weight excluding hydrogens is 232 g/mol. The monoisotopic (exact) mass is 252 g/mol. The third-order valence-corrected chi connectivity index (χ3v) is 3.60. The molecule has 2 fully saturated rings. The highest BCUT2D eigenvalue weighted by Crippen LogP contribution is 2.23. The SMILES string of the molecule is C[C@@H]1CC[C@H](CCC(=O)N2CCOC[C@@H]2C#N)O1. The fourth-order valence-corrected chi connectivity index (χ4v) is 2.53. The number of nitrogens with zero attached hydrogens (tertiary/aromatic N) is 2. The number of carbonyl (C=O) groups excluding carboxylic acids is 1. The van der Waals surface area contributed by atoms with Gasteiger partial charge in [0.15, 0.2) is 0 Å². The van der Waals surface area contributed by atoms with Gasteiger partial charge in [0.1, 0.15) is 6.04 Å². The quantitative estimate of drug-likeness (QED) is 0.754. The number of carbonyl (C=O) groups is 1. The van der Waals surface area contributed by atoms with Gasteiger partial charge in [-0.25, -0.2) is 0 Å². The Morgan fingerprint density at radius 2 is 2.33 bits per heavy atom. The number of rotatable bonds is 3. The minimum atomic E-state index is -0.422. The summed E-state index contributed by atoms with van der Waals surface area (Å²) in [6, 6.07) is 1.70. The molecule has 0 unspecified atom stereocenters. The predicted molar refractivity (Wildman–Crippen MR) is 64.7 cm³/mol. The Bertz CT molecular complexity index is 340. The third-order valence-electron chi connectivity index (χ3n) is 3.60. The zero-order valence-corrected chi connectivity index (χ0v) is 10.8. The predicted octanol–water partition coefficient (Wildman–Crippen LogP) is 1.09. The molecule has 2 rings (SSSR count). The van der Waals surface area contributed by atoms with Crippen LogP contribution in [0.3, 0.4) is 0 Å². The van der Waals surface area contributed by atoms with Crippen LogP contribution < -0.4 is 0 Å². The van der Waals surface area contributed by atoms with Crippen molar-refractivity contribution >= 4 is 5.91 Å². The molecule has 0 aromatic heterocycles. The maximum atomic E-state index is 12.1. The van der Waals surface area contributed by atoms with Gasteiger partial charge in [0.25, 0.3) is 0 Å². The van der Waals surface area contributed by atoms with Crippen molar-refractivity contribution in [2.75, 3.05) is 19.8 Å². The Hall–Kier alpha value is -1.12. The van der Waals surface area contributed by atoms with Crippen LogP contribution in [0.25, 0.3) is 0 Å². The Morgan fingerprint density at radius 3 is 3.00 bits per heavy atom. The van der Waals surface area contributed by atoms with E-state index < -0.39 is 6.04 Å². The first-order chi connectivity index (χ1) is 8.70. The molecule has 0 radical (unpaired) electrons. The van der Waals surface area contributed by atoms with Crippen LogP contribution in [0.4, 0.5) is 0 Å². The average Bonchev–Trinajstić information content (AvgIpc) is 2.81. The molecule has 5 heteroatoms. The summed E-state index contributed by atoms with van der Waals surface area (Å²) in [6.45, 7) is 3.45. The van der Waals surface area contributed by atoms with E-state index in [0.717, 1.165) is 19.3 Å². The Morgan fingerprint density at radius 1 is 1.50 bits per heavy atom. The van der Waals surface area contributed by atoms with Gasteiger partial charge in [-0.15, -0.1) is 0 Å². The molecule has 0 N–H and O–H groups in total. The van der Waals surface area contributed by atoms with Crippen molar-refractivity contribution in [3.8, 4) is 6.07 Å². The number of morpholine rings is 1. The second-order valence-corrected chi connectivity index (χ2v) is 4.99. The highest BCUT2D eigenvalue weighted by molar-refractivity contribution is 5.77. The topological polar surface area (TPSA) is 62.6 Å². The molecule has 0 saturated carbocycles. The molecule has 3 atom stereocenters. The molecule has 0 aliphatic carbocycles. The molecular formula is C13H20N2O3. The number of hydrogen-bond donors (Lipinski definition) is 0. The van der Waals surface area contributed by atoms with Crippen LogP contribution >= 0.6 is 0 Å². The van der Waals surface area contributed by atoms with Gasteiger partial charge in [0.05, 0.1) is 31.5 Å². The molecule has 0 bridgehead atoms. The van der Waals surface area contributed by atoms with Crippen molar-refractivity contribution < 1.29 is 14.3 Å². The molecule has 0 aromatic carbocycles. The van der Waals surface area contributed by atoms with Gasteiger partial charge in [-0.1, -0.05) is 0 Å². The van der Waals surface area contributed by atoms with Crippen molar-refractivity contribution in [2.45, 2.75) is 50.9 Å². The first-order valence-electron chi connectivity index (χ1n) is 6.63. The lowest BCUT2D eigenvalue weighted by molar-refractivity contribution is -0.138. The van der Waals surface area contributed by atoms with E-state index >= 15 is 0 Å². The van der Waals surface area contributed by atoms with Crippen LogP contribution in [0.1, 0.15) is 32.6 Å². The van der Waals surface area contributed by atoms with E-state index in [4.69, 9.17) is 14.7 Å². The second kappa shape index (κ2) is 6.17. The second-order valence-electron chi connectivity index (χ2n) is 4.99. The number of hydrogen-bond acceptors (Lipinski definition) is 4. The summed E-state index contributed by atoms with van der Waals surface area (Å²) in [5.74, 6) is 0.0491. The first kappa shape index (κ1) is 13.3. The third kappa shape index (κ3) is 3.21. The van der Waals surface area contributed by atoms with Crippen molar-refractivity contribution in [1.82, 2.24) is 4.90 Å². The average molecular weight is 252 g/mol. The van der Waals surface area contributed by atoms with Crippen LogP contribution in [-0.4, -0.2) is 48.8 Å². The standard InChI is InChI=1S/C13H20N2O3/c1-10-2-3-12(18-10)4-5-13(16)15-6-7-17-9-11(15)8-14/h10-12H,2-7,9H2,1H3/t10-,11+,12-/m1/s1. The Kier molecular flexibility index (Phi) is 4.56. The van der Waals surface area contributed by atoms with Crippen LogP contribution in [0, 0.1) is 11.3 Å². The molecule has 2 heterocycles. The Labute approximate surface area is 108 Å². The fourth-order valence-electron chi connectivity index (χ4n) is 2.53. The molecule has 1 amide bonds. The molecule has 0 spiro atoms. The van der Waals surface area contributed by atoms with Crippen molar-refractivity contribution in [3.63, 3.8) is 0 Å². The maximum Gasteiger partial charge on any atom is 0.223 e. The number of nitriles is 1. The summed E-state index contributed by atoms with van der Waals surface area (Å²) in [5, 5.41) is 8.98. The first-order valence-corrected chi connectivity index (χ1v) is 6.63. The maximum absolute atomic E-state index is 12.1. The van der Waals surface area contributed by atoms with Crippen molar-refractivity contribution in [1.29, 1.82) is 5.26 Å². The lowest BCUT2D eigenvalue weighted by Gasteiger charge is -2.31. The molecule has 100 valence electrons. The molecule has 2 aliphatic heterocycles. The van der Waals surface area contributed by atoms with E-state index in [9.17, 15) is 4.79 Å². The van der Waals surface area contributed by atoms with Gasteiger partial charge >= 0.3 is 0 Å². The normalized spacial score (nSPS) is 32.2. The number of ether oxygens (including phenoxy) is 2. The molecule has 0 aromatic rings. The highest BCUT2D eigenvalue weighted by Gasteiger charge is 2.28. The van der Waals surface area contributed by atoms with Gasteiger partial charge in [-0.2, -0.15) is 5.26 Å². The van der Waals surface area contributed by atoms with Gasteiger partial charge in [0.2, 0.25) is 5.91 Å². The zero-order valence-electron chi connectivity index (χ0n) is 10.8. The lowest BCUT2D eigenvalue weighted by Crippen LogP contribution is -2.48. The Balaban J connectivity index is 1.78. The lowest BCUT2D eigenvalue weighted by atomic mass is 10.1. The minimum absolute atomic E-state index is 0.0491. The van der Waals surface area contributed by atoms with Gasteiger partial charge in [-0.05, 0) is 26.2 Å². The van der Waals surface area contributed by atoms with Gasteiger partial charge < -0.3 is 14.4 Å². The van der Waals surface area contributed by atoms with Gasteiger partial charge in [-0.3, -0.25) is 4.79 Å². The van der Waals surface area contributed by atoms with Crippen molar-refractivity contribution in [2.24, 2.45) is 0 Å². The van der Waals surface area contributed by atoms with E-state index in [1.54, 1.807) is 4.90 Å². The van der Waals surface area contributed by atoms with E-state index in [1.807, 2.05) is 0 Å². The summed E-state index contributed by atoms with van der Waals surface area (Å²) in [4.78, 5) is 13.7. The van der Waals surface area contributed by atoms with Crippen LogP contribution in [0.5, 0.6) is 0 Å². The van der Waals surface area contributed by atoms with E-state index in [2.05, 4.69) is 13.0 Å². The largest absolute Gasteiger partial charge is 0.376 e. The van der Waals surface area contributed by atoms with Crippen molar-refractivity contribution in [3.05, 3.63) is 0 Å². The summed E-state index contributed by atoms with van der Waals surface area (Å²) >= 11 is 0. The van der Waals surface area contributed by atoms with Crippen LogP contribution in [0.15, 0.2) is 0 Å². The van der Waals surface area contributed by atoms with Gasteiger partial charge in [0, 0.05) is 13.0 Å². The summed E-state index contributed by atoms with van der Waals surface area (Å²) in [7, 11) is 0. The molecule has 2 aliphatic rings. The minimum Gasteiger partial charge on any atom is -0.376 e. The molecule has 2 saturated heterocycles. The molecule has 18 heavy (non-hydrogen) atoms. The summed E-state index contributed by atoms with van der Waals surface area (Å²) in [6.07, 6.45) is 3.89. The smallest absolute Gasteiger partial charge is 0.223 e. The highest BCUT2D eigenvalue weighted by atomic mass is 16.5. The van der Waals surface area contributed by atoms with Crippen LogP contribution in [-0.2, 0) is 14.3 Å². The molecule has 5 nitrogen and oxygen atoms in total. The fraction of sp³-hybridized carbons (Fsp3) is 0.846.